The molecule has 20 heavy (non-hydrogen) atoms. The molecule has 0 aliphatic carbocycles. The molecule has 104 valence electrons. The van der Waals surface area contributed by atoms with Gasteiger partial charge in [-0.15, -0.1) is 0 Å². The van der Waals surface area contributed by atoms with Crippen molar-refractivity contribution in [2.24, 2.45) is 5.92 Å². The Labute approximate surface area is 118 Å². The Bertz CT molecular complexity index is 545. The highest BCUT2D eigenvalue weighted by Crippen LogP contribution is 2.25. The van der Waals surface area contributed by atoms with Crippen molar-refractivity contribution in [1.82, 2.24) is 5.32 Å². The molecule has 1 heterocycles. The van der Waals surface area contributed by atoms with Crippen molar-refractivity contribution >= 4 is 17.5 Å². The fraction of sp³-hybridized carbons (Fsp3) is 0.400. The molecule has 2 amide bonds. The van der Waals surface area contributed by atoms with Crippen molar-refractivity contribution in [3.8, 4) is 6.07 Å². The highest BCUT2D eigenvalue weighted by atomic mass is 16.2. The van der Waals surface area contributed by atoms with Gasteiger partial charge in [-0.25, -0.2) is 0 Å². The predicted molar refractivity (Wildman–Crippen MR) is 74.9 cm³/mol. The van der Waals surface area contributed by atoms with Gasteiger partial charge in [-0.1, -0.05) is 19.1 Å². The van der Waals surface area contributed by atoms with Gasteiger partial charge in [0.05, 0.1) is 12.0 Å². The maximum absolute atomic E-state index is 12.0. The molecule has 5 nitrogen and oxygen atoms in total. The van der Waals surface area contributed by atoms with Crippen LogP contribution in [0.4, 0.5) is 5.69 Å². The summed E-state index contributed by atoms with van der Waals surface area (Å²) in [5, 5.41) is 11.0. The fourth-order valence-electron chi connectivity index (χ4n) is 2.32. The molecule has 1 atom stereocenters. The van der Waals surface area contributed by atoms with Gasteiger partial charge >= 0.3 is 0 Å². The van der Waals surface area contributed by atoms with Crippen LogP contribution in [0.1, 0.15) is 18.9 Å². The lowest BCUT2D eigenvalue weighted by molar-refractivity contribution is -0.126. The van der Waals surface area contributed by atoms with E-state index in [0.29, 0.717) is 6.54 Å². The van der Waals surface area contributed by atoms with Gasteiger partial charge in [-0.3, -0.25) is 9.59 Å². The second kappa shape index (κ2) is 6.20. The molecule has 0 saturated carbocycles. The Kier molecular flexibility index (Phi) is 4.36. The van der Waals surface area contributed by atoms with E-state index in [0.717, 1.165) is 12.1 Å². The topological polar surface area (TPSA) is 73.2 Å². The number of amides is 2. The van der Waals surface area contributed by atoms with Crippen LogP contribution in [-0.4, -0.2) is 24.9 Å². The van der Waals surface area contributed by atoms with E-state index < -0.39 is 0 Å². The van der Waals surface area contributed by atoms with E-state index >= 15 is 0 Å². The summed E-state index contributed by atoms with van der Waals surface area (Å²) in [5.74, 6) is -0.652. The van der Waals surface area contributed by atoms with Gasteiger partial charge in [-0.05, 0) is 24.1 Å². The maximum Gasteiger partial charge on any atom is 0.227 e. The summed E-state index contributed by atoms with van der Waals surface area (Å²) >= 11 is 0. The molecule has 0 radical (unpaired) electrons. The number of carbonyl (C=O) groups is 2. The molecule has 0 aromatic heterocycles. The van der Waals surface area contributed by atoms with Gasteiger partial charge in [0.15, 0.2) is 0 Å². The monoisotopic (exact) mass is 271 g/mol. The smallest absolute Gasteiger partial charge is 0.227 e. The van der Waals surface area contributed by atoms with Crippen LogP contribution in [0.25, 0.3) is 0 Å². The number of benzene rings is 1. The molecule has 2 rings (SSSR count). The predicted octanol–water partition coefficient (Wildman–Crippen LogP) is 1.24. The summed E-state index contributed by atoms with van der Waals surface area (Å²) in [6.07, 6.45) is 1.15. The molecule has 1 fully saturated rings. The van der Waals surface area contributed by atoms with Crippen LogP contribution in [0, 0.1) is 17.2 Å². The van der Waals surface area contributed by atoms with Crippen molar-refractivity contribution in [3.05, 3.63) is 29.8 Å². The molecule has 0 bridgehead atoms. The second-order valence-corrected chi connectivity index (χ2v) is 4.80. The zero-order valence-electron chi connectivity index (χ0n) is 11.4. The molecule has 1 N–H and O–H groups in total. The third kappa shape index (κ3) is 2.97. The Morgan fingerprint density at radius 2 is 2.15 bits per heavy atom. The Hall–Kier alpha value is -2.35. The molecule has 1 aliphatic rings. The fourth-order valence-corrected chi connectivity index (χ4v) is 2.32. The number of nitrogens with zero attached hydrogens (tertiary/aromatic N) is 2. The highest BCUT2D eigenvalue weighted by molar-refractivity contribution is 6.00. The zero-order chi connectivity index (χ0) is 14.5. The lowest BCUT2D eigenvalue weighted by atomic mass is 10.1. The number of hydrogen-bond donors (Lipinski definition) is 1. The maximum atomic E-state index is 12.0. The summed E-state index contributed by atoms with van der Waals surface area (Å²) < 4.78 is 0. The quantitative estimate of drug-likeness (QED) is 0.837. The second-order valence-electron chi connectivity index (χ2n) is 4.80. The van der Waals surface area contributed by atoms with Crippen LogP contribution in [-0.2, 0) is 16.0 Å². The Balaban J connectivity index is 2.05. The molecule has 0 spiro atoms. The van der Waals surface area contributed by atoms with E-state index in [-0.39, 0.29) is 30.7 Å². The SMILES string of the molecule is CCc1ccc(N2C[C@H](C(=O)NCC#N)CC2=O)cc1. The summed E-state index contributed by atoms with van der Waals surface area (Å²) in [4.78, 5) is 25.4. The molecular weight excluding hydrogens is 254 g/mol. The minimum atomic E-state index is -0.373. The van der Waals surface area contributed by atoms with Gasteiger partial charge in [0, 0.05) is 18.7 Å². The molecule has 0 unspecified atom stereocenters. The number of anilines is 1. The first-order chi connectivity index (χ1) is 9.65. The van der Waals surface area contributed by atoms with Crippen LogP contribution < -0.4 is 10.2 Å². The van der Waals surface area contributed by atoms with E-state index in [1.807, 2.05) is 30.3 Å². The minimum Gasteiger partial charge on any atom is -0.343 e. The van der Waals surface area contributed by atoms with Crippen molar-refractivity contribution in [1.29, 1.82) is 5.26 Å². The largest absolute Gasteiger partial charge is 0.343 e. The summed E-state index contributed by atoms with van der Waals surface area (Å²) in [5.41, 5.74) is 2.03. The molecule has 5 heteroatoms. The number of hydrogen-bond acceptors (Lipinski definition) is 3. The molecule has 1 aromatic rings. The number of nitrogens with one attached hydrogen (secondary N) is 1. The van der Waals surface area contributed by atoms with E-state index in [4.69, 9.17) is 5.26 Å². The molecule has 1 saturated heterocycles. The van der Waals surface area contributed by atoms with Crippen LogP contribution in [0.15, 0.2) is 24.3 Å². The highest BCUT2D eigenvalue weighted by Gasteiger charge is 2.34. The average Bonchev–Trinajstić information content (AvgIpc) is 2.87. The van der Waals surface area contributed by atoms with Crippen molar-refractivity contribution in [3.63, 3.8) is 0 Å². The molecule has 1 aromatic carbocycles. The standard InChI is InChI=1S/C15H17N3O2/c1-2-11-3-5-13(6-4-11)18-10-12(9-14(18)19)15(20)17-8-7-16/h3-6,12H,2,8-10H2,1H3,(H,17,20)/t12-/m1/s1. The first kappa shape index (κ1) is 14.1. The van der Waals surface area contributed by atoms with Crippen molar-refractivity contribution < 1.29 is 9.59 Å². The lowest BCUT2D eigenvalue weighted by Crippen LogP contribution is -2.33. The number of nitriles is 1. The Morgan fingerprint density at radius 3 is 2.75 bits per heavy atom. The third-order valence-electron chi connectivity index (χ3n) is 3.49. The van der Waals surface area contributed by atoms with E-state index in [1.165, 1.54) is 5.56 Å². The molecular formula is C15H17N3O2. The minimum absolute atomic E-state index is 0.0191. The van der Waals surface area contributed by atoms with E-state index in [9.17, 15) is 9.59 Å². The van der Waals surface area contributed by atoms with E-state index in [1.54, 1.807) is 4.90 Å². The average molecular weight is 271 g/mol. The van der Waals surface area contributed by atoms with Gasteiger partial charge in [-0.2, -0.15) is 5.26 Å². The zero-order valence-corrected chi connectivity index (χ0v) is 11.4. The van der Waals surface area contributed by atoms with Gasteiger partial charge in [0.1, 0.15) is 6.54 Å². The van der Waals surface area contributed by atoms with Crippen LogP contribution >= 0.6 is 0 Å². The van der Waals surface area contributed by atoms with Crippen LogP contribution in [0.2, 0.25) is 0 Å². The number of rotatable bonds is 4. The first-order valence-electron chi connectivity index (χ1n) is 6.69. The summed E-state index contributed by atoms with van der Waals surface area (Å²) in [7, 11) is 0. The lowest BCUT2D eigenvalue weighted by Gasteiger charge is -2.17. The van der Waals surface area contributed by atoms with Crippen LogP contribution in [0.5, 0.6) is 0 Å². The van der Waals surface area contributed by atoms with E-state index in [2.05, 4.69) is 12.2 Å². The number of carbonyl (C=O) groups excluding carboxylic acids is 2. The summed E-state index contributed by atoms with van der Waals surface area (Å²) in [6, 6.07) is 9.66. The first-order valence-corrected chi connectivity index (χ1v) is 6.69. The summed E-state index contributed by atoms with van der Waals surface area (Å²) in [6.45, 7) is 2.43. The third-order valence-corrected chi connectivity index (χ3v) is 3.49. The van der Waals surface area contributed by atoms with Gasteiger partial charge in [0.25, 0.3) is 0 Å². The van der Waals surface area contributed by atoms with Gasteiger partial charge < -0.3 is 10.2 Å². The normalized spacial score (nSPS) is 17.9. The van der Waals surface area contributed by atoms with Gasteiger partial charge in [0.2, 0.25) is 11.8 Å². The Morgan fingerprint density at radius 1 is 1.45 bits per heavy atom. The van der Waals surface area contributed by atoms with Crippen LogP contribution in [0.3, 0.4) is 0 Å². The van der Waals surface area contributed by atoms with Crippen molar-refractivity contribution in [2.75, 3.05) is 18.0 Å². The number of aryl methyl sites for hydroxylation is 1. The molecule has 1 aliphatic heterocycles. The van der Waals surface area contributed by atoms with Crippen molar-refractivity contribution in [2.45, 2.75) is 19.8 Å².